The van der Waals surface area contributed by atoms with E-state index in [1.54, 1.807) is 12.1 Å². The Labute approximate surface area is 249 Å². The summed E-state index contributed by atoms with van der Waals surface area (Å²) in [4.78, 5) is 37.2. The molecule has 0 unspecified atom stereocenters. The smallest absolute Gasteiger partial charge is 0.335 e. The number of rotatable bonds is 10. The summed E-state index contributed by atoms with van der Waals surface area (Å²) in [5.74, 6) is -1.62. The fourth-order valence-corrected chi connectivity index (χ4v) is 5.13. The average Bonchev–Trinajstić information content (AvgIpc) is 3.00. The molecule has 1 saturated heterocycles. The van der Waals surface area contributed by atoms with Gasteiger partial charge in [0.1, 0.15) is 41.5 Å². The molecule has 5 atom stereocenters. The zero-order chi connectivity index (χ0) is 31.5. The highest BCUT2D eigenvalue weighted by atomic mass is 16.7. The number of unbranched alkanes of at least 4 members (excludes halogenated alkanes) is 1. The van der Waals surface area contributed by atoms with E-state index < -0.39 is 49.2 Å². The van der Waals surface area contributed by atoms with Crippen LogP contribution in [0.1, 0.15) is 33.6 Å². The number of nitrogens with one attached hydrogen (secondary N) is 1. The lowest BCUT2D eigenvalue weighted by atomic mass is 9.91. The van der Waals surface area contributed by atoms with Crippen LogP contribution in [0, 0.1) is 0 Å². The zero-order valence-corrected chi connectivity index (χ0v) is 23.3. The van der Waals surface area contributed by atoms with Gasteiger partial charge in [0.15, 0.2) is 11.7 Å². The first kappa shape index (κ1) is 31.1. The second-order valence-electron chi connectivity index (χ2n) is 10.5. The lowest BCUT2D eigenvalue weighted by Gasteiger charge is -2.39. The first-order chi connectivity index (χ1) is 21.1. The van der Waals surface area contributed by atoms with Crippen molar-refractivity contribution in [1.29, 1.82) is 0 Å². The van der Waals surface area contributed by atoms with Gasteiger partial charge in [-0.25, -0.2) is 4.79 Å². The molecular formula is C31H31NO12. The molecule has 13 nitrogen and oxygen atoms in total. The molecule has 7 N–H and O–H groups in total. The van der Waals surface area contributed by atoms with Crippen molar-refractivity contribution in [2.24, 2.45) is 0 Å². The van der Waals surface area contributed by atoms with Gasteiger partial charge in [0.05, 0.1) is 12.2 Å². The number of aromatic hydroxyl groups is 1. The van der Waals surface area contributed by atoms with Crippen LogP contribution in [0.5, 0.6) is 5.75 Å². The van der Waals surface area contributed by atoms with Crippen molar-refractivity contribution in [3.8, 4) is 28.2 Å². The molecule has 1 aliphatic carbocycles. The number of amides is 1. The van der Waals surface area contributed by atoms with Crippen LogP contribution >= 0.6 is 0 Å². The maximum absolute atomic E-state index is 13.1. The van der Waals surface area contributed by atoms with Gasteiger partial charge in [-0.05, 0) is 60.9 Å². The number of fused-ring (bicyclic) bond motifs is 2. The van der Waals surface area contributed by atoms with Gasteiger partial charge in [-0.15, -0.1) is 0 Å². The van der Waals surface area contributed by atoms with Crippen LogP contribution < -0.4 is 10.7 Å². The third kappa shape index (κ3) is 6.43. The number of aliphatic hydroxyl groups is 4. The van der Waals surface area contributed by atoms with Crippen LogP contribution in [0.4, 0.5) is 0 Å². The monoisotopic (exact) mass is 609 g/mol. The number of carbonyl (C=O) groups excluding carboxylic acids is 1. The van der Waals surface area contributed by atoms with Crippen molar-refractivity contribution in [3.63, 3.8) is 0 Å². The zero-order valence-electron chi connectivity index (χ0n) is 23.3. The number of hydrogen-bond acceptors (Lipinski definition) is 11. The Hall–Kier alpha value is -4.37. The van der Waals surface area contributed by atoms with E-state index >= 15 is 0 Å². The summed E-state index contributed by atoms with van der Waals surface area (Å²) >= 11 is 0. The van der Waals surface area contributed by atoms with Gasteiger partial charge >= 0.3 is 5.97 Å². The minimum atomic E-state index is -1.55. The molecule has 1 fully saturated rings. The van der Waals surface area contributed by atoms with E-state index in [1.807, 2.05) is 0 Å². The van der Waals surface area contributed by atoms with Crippen molar-refractivity contribution in [3.05, 3.63) is 75.9 Å². The largest absolute Gasteiger partial charge is 0.508 e. The molecule has 232 valence electrons. The highest BCUT2D eigenvalue weighted by Gasteiger charge is 2.43. The second kappa shape index (κ2) is 13.1. The third-order valence-electron chi connectivity index (χ3n) is 7.39. The molecule has 44 heavy (non-hydrogen) atoms. The number of aliphatic hydroxyl groups excluding tert-OH is 4. The van der Waals surface area contributed by atoms with Gasteiger partial charge in [-0.2, -0.15) is 0 Å². The van der Waals surface area contributed by atoms with Gasteiger partial charge < -0.3 is 49.8 Å². The second-order valence-corrected chi connectivity index (χ2v) is 10.5. The summed E-state index contributed by atoms with van der Waals surface area (Å²) in [6.45, 7) is -0.291. The number of carboxylic acid groups (broad SMARTS) is 1. The topological polar surface area (TPSA) is 216 Å². The Balaban J connectivity index is 1.31. The van der Waals surface area contributed by atoms with E-state index in [9.17, 15) is 45.0 Å². The van der Waals surface area contributed by atoms with E-state index in [0.29, 0.717) is 34.9 Å². The SMILES string of the molecule is O=C(O)c1cc(C(=O)NCCCCO[C@H]2O[C@H](CO)[C@@H](O)[C@H](O)[C@@H]2O)cc(-c2c3ccc(=O)cc-3oc3cc(O)ccc23)c1. The van der Waals surface area contributed by atoms with Crippen LogP contribution in [0.25, 0.3) is 33.4 Å². The summed E-state index contributed by atoms with van der Waals surface area (Å²) in [7, 11) is 0. The van der Waals surface area contributed by atoms with Crippen LogP contribution in [-0.2, 0) is 9.47 Å². The number of carbonyl (C=O) groups is 2. The Morgan fingerprint density at radius 2 is 1.68 bits per heavy atom. The first-order valence-electron chi connectivity index (χ1n) is 13.9. The molecule has 1 amide bonds. The number of hydrogen-bond donors (Lipinski definition) is 7. The number of carboxylic acids is 1. The minimum absolute atomic E-state index is 0.0669. The molecule has 2 heterocycles. The normalized spacial score (nSPS) is 21.9. The third-order valence-corrected chi connectivity index (χ3v) is 7.39. The predicted molar refractivity (Wildman–Crippen MR) is 154 cm³/mol. The van der Waals surface area contributed by atoms with Crippen LogP contribution in [0.3, 0.4) is 0 Å². The first-order valence-corrected chi connectivity index (χ1v) is 13.9. The van der Waals surface area contributed by atoms with Crippen molar-refractivity contribution in [2.45, 2.75) is 43.5 Å². The molecule has 5 rings (SSSR count). The van der Waals surface area contributed by atoms with Crippen LogP contribution in [0.15, 0.2) is 63.8 Å². The van der Waals surface area contributed by atoms with Gasteiger partial charge in [-0.1, -0.05) is 0 Å². The molecule has 2 aromatic rings. The Morgan fingerprint density at radius 3 is 2.43 bits per heavy atom. The van der Waals surface area contributed by atoms with Crippen molar-refractivity contribution < 1.29 is 54.1 Å². The maximum atomic E-state index is 13.1. The van der Waals surface area contributed by atoms with Gasteiger partial charge in [-0.3, -0.25) is 9.59 Å². The molecule has 0 saturated carbocycles. The fourth-order valence-electron chi connectivity index (χ4n) is 5.13. The Kier molecular flexibility index (Phi) is 9.25. The van der Waals surface area contributed by atoms with Gasteiger partial charge in [0, 0.05) is 47.4 Å². The van der Waals surface area contributed by atoms with E-state index in [-0.39, 0.29) is 46.8 Å². The van der Waals surface area contributed by atoms with Crippen LogP contribution in [-0.4, -0.2) is 93.0 Å². The summed E-state index contributed by atoms with van der Waals surface area (Å²) in [6, 6.07) is 12.8. The standard InChI is InChI=1S/C31H31NO12/c33-14-24-26(36)27(37)28(38)31(44-24)42-8-2-1-7-32-29(39)16-9-15(10-17(11-16)30(40)41)25-20-5-3-18(34)12-22(20)43-23-13-19(35)4-6-21(23)25/h3-6,9-13,24,26-28,31,33-34,36-38H,1-2,7-8,14H2,(H,32,39)(H,40,41)/t24-,26-,27+,28+,31+/m1/s1. The van der Waals surface area contributed by atoms with E-state index in [0.717, 1.165) is 0 Å². The molecule has 2 aliphatic heterocycles. The number of benzene rings is 3. The Morgan fingerprint density at radius 1 is 0.909 bits per heavy atom. The lowest BCUT2D eigenvalue weighted by Crippen LogP contribution is -2.59. The minimum Gasteiger partial charge on any atom is -0.508 e. The highest BCUT2D eigenvalue weighted by Crippen LogP contribution is 2.41. The number of phenolic OH excluding ortho intramolecular Hbond substituents is 1. The molecular weight excluding hydrogens is 578 g/mol. The molecule has 0 aromatic heterocycles. The van der Waals surface area contributed by atoms with Gasteiger partial charge in [0.25, 0.3) is 5.91 Å². The highest BCUT2D eigenvalue weighted by molar-refractivity contribution is 6.05. The predicted octanol–water partition coefficient (Wildman–Crippen LogP) is 1.30. The quantitative estimate of drug-likeness (QED) is 0.100. The summed E-state index contributed by atoms with van der Waals surface area (Å²) in [6.07, 6.45) is -6.03. The molecule has 0 radical (unpaired) electrons. The van der Waals surface area contributed by atoms with Crippen molar-refractivity contribution in [1.82, 2.24) is 5.32 Å². The number of phenols is 1. The fraction of sp³-hybridized carbons (Fsp3) is 0.323. The number of ether oxygens (including phenoxy) is 2. The van der Waals surface area contributed by atoms with E-state index in [2.05, 4.69) is 5.32 Å². The lowest BCUT2D eigenvalue weighted by molar-refractivity contribution is -0.301. The summed E-state index contributed by atoms with van der Waals surface area (Å²) < 4.78 is 16.6. The average molecular weight is 610 g/mol. The molecule has 0 bridgehead atoms. The maximum Gasteiger partial charge on any atom is 0.335 e. The van der Waals surface area contributed by atoms with E-state index in [4.69, 9.17) is 13.9 Å². The molecule has 13 heteroatoms. The molecule has 0 spiro atoms. The number of aromatic carboxylic acids is 1. The Bertz CT molecular complexity index is 1700. The summed E-state index contributed by atoms with van der Waals surface area (Å²) in [5, 5.41) is 62.2. The van der Waals surface area contributed by atoms with Gasteiger partial charge in [0.2, 0.25) is 0 Å². The molecule has 3 aliphatic rings. The van der Waals surface area contributed by atoms with Crippen molar-refractivity contribution in [2.75, 3.05) is 19.8 Å². The molecule has 2 aromatic carbocycles. The van der Waals surface area contributed by atoms with Crippen molar-refractivity contribution >= 4 is 22.8 Å². The van der Waals surface area contributed by atoms with Crippen LogP contribution in [0.2, 0.25) is 0 Å². The summed E-state index contributed by atoms with van der Waals surface area (Å²) in [5.41, 5.74) is 1.32. The van der Waals surface area contributed by atoms with E-state index in [1.165, 1.54) is 42.5 Å².